The number of unbranched alkanes of at least 4 members (excludes halogenated alkanes) is 1. The van der Waals surface area contributed by atoms with Gasteiger partial charge >= 0.3 is 0 Å². The van der Waals surface area contributed by atoms with Gasteiger partial charge in [-0.15, -0.1) is 0 Å². The van der Waals surface area contributed by atoms with Gasteiger partial charge in [0.15, 0.2) is 0 Å². The zero-order valence-electron chi connectivity index (χ0n) is 17.3. The summed E-state index contributed by atoms with van der Waals surface area (Å²) in [5.74, 6) is 1.73. The number of anilines is 1. The molecule has 0 spiro atoms. The molecular weight excluding hydrogens is 360 g/mol. The SMILES string of the molecule is CCCCNC(=O)c1ccc2c(c1)C1C=CCC1C(c1ccc(OCC)cc1)N2. The average Bonchev–Trinajstić information content (AvgIpc) is 3.24. The maximum absolute atomic E-state index is 12.5. The Bertz CT molecular complexity index is 888. The fourth-order valence-electron chi connectivity index (χ4n) is 4.48. The summed E-state index contributed by atoms with van der Waals surface area (Å²) < 4.78 is 5.59. The van der Waals surface area contributed by atoms with Crippen LogP contribution in [0.3, 0.4) is 0 Å². The molecule has 3 unspecified atom stereocenters. The van der Waals surface area contributed by atoms with Gasteiger partial charge < -0.3 is 15.4 Å². The maximum atomic E-state index is 12.5. The first-order valence-electron chi connectivity index (χ1n) is 10.8. The van der Waals surface area contributed by atoms with Gasteiger partial charge in [0.25, 0.3) is 5.91 Å². The fourth-order valence-corrected chi connectivity index (χ4v) is 4.48. The van der Waals surface area contributed by atoms with E-state index in [1.807, 2.05) is 13.0 Å². The van der Waals surface area contributed by atoms with E-state index in [0.717, 1.165) is 42.8 Å². The standard InChI is InChI=1S/C25H30N2O2/c1-3-5-15-26-25(28)18-11-14-23-22(16-18)20-7-6-8-21(20)24(27-23)17-9-12-19(13-10-17)29-4-2/h6-7,9-14,16,20-21,24,27H,3-5,8,15H2,1-2H3,(H,26,28). The summed E-state index contributed by atoms with van der Waals surface area (Å²) in [4.78, 5) is 12.5. The monoisotopic (exact) mass is 390 g/mol. The Morgan fingerprint density at radius 2 is 2.00 bits per heavy atom. The van der Waals surface area contributed by atoms with Crippen molar-refractivity contribution in [3.8, 4) is 5.75 Å². The van der Waals surface area contributed by atoms with Crippen molar-refractivity contribution in [3.63, 3.8) is 0 Å². The predicted molar refractivity (Wildman–Crippen MR) is 118 cm³/mol. The van der Waals surface area contributed by atoms with Gasteiger partial charge in [0, 0.05) is 23.7 Å². The van der Waals surface area contributed by atoms with Crippen molar-refractivity contribution in [2.24, 2.45) is 5.92 Å². The molecule has 2 N–H and O–H groups in total. The molecule has 0 saturated carbocycles. The smallest absolute Gasteiger partial charge is 0.251 e. The van der Waals surface area contributed by atoms with Crippen molar-refractivity contribution in [3.05, 3.63) is 71.3 Å². The molecule has 2 aliphatic rings. The second-order valence-electron chi connectivity index (χ2n) is 7.89. The maximum Gasteiger partial charge on any atom is 0.251 e. The molecule has 4 nitrogen and oxygen atoms in total. The van der Waals surface area contributed by atoms with Crippen LogP contribution in [0.2, 0.25) is 0 Å². The molecule has 3 atom stereocenters. The molecule has 1 amide bonds. The van der Waals surface area contributed by atoms with E-state index in [4.69, 9.17) is 4.74 Å². The van der Waals surface area contributed by atoms with Gasteiger partial charge in [-0.25, -0.2) is 0 Å². The lowest BCUT2D eigenvalue weighted by atomic mass is 9.76. The van der Waals surface area contributed by atoms with E-state index in [-0.39, 0.29) is 11.9 Å². The minimum Gasteiger partial charge on any atom is -0.494 e. The lowest BCUT2D eigenvalue weighted by molar-refractivity contribution is 0.0953. The third-order valence-electron chi connectivity index (χ3n) is 5.99. The van der Waals surface area contributed by atoms with Crippen molar-refractivity contribution in [1.82, 2.24) is 5.32 Å². The average molecular weight is 391 g/mol. The third-order valence-corrected chi connectivity index (χ3v) is 5.99. The van der Waals surface area contributed by atoms with Crippen molar-refractivity contribution in [2.75, 3.05) is 18.5 Å². The fraction of sp³-hybridized carbons (Fsp3) is 0.400. The van der Waals surface area contributed by atoms with E-state index >= 15 is 0 Å². The van der Waals surface area contributed by atoms with E-state index < -0.39 is 0 Å². The zero-order chi connectivity index (χ0) is 20.2. The lowest BCUT2D eigenvalue weighted by Crippen LogP contribution is -2.30. The Kier molecular flexibility index (Phi) is 5.89. The number of rotatable bonds is 7. The highest BCUT2D eigenvalue weighted by Crippen LogP contribution is 2.50. The Labute approximate surface area is 173 Å². The normalized spacial score (nSPS) is 21.8. The number of hydrogen-bond donors (Lipinski definition) is 2. The van der Waals surface area contributed by atoms with Crippen molar-refractivity contribution in [1.29, 1.82) is 0 Å². The van der Waals surface area contributed by atoms with Crippen molar-refractivity contribution in [2.45, 2.75) is 45.1 Å². The Hall–Kier alpha value is -2.75. The van der Waals surface area contributed by atoms with Crippen molar-refractivity contribution < 1.29 is 9.53 Å². The molecule has 4 heteroatoms. The van der Waals surface area contributed by atoms with Crippen LogP contribution >= 0.6 is 0 Å². The summed E-state index contributed by atoms with van der Waals surface area (Å²) in [5, 5.41) is 6.77. The van der Waals surface area contributed by atoms with Crippen LogP contribution < -0.4 is 15.4 Å². The Morgan fingerprint density at radius 3 is 2.76 bits per heavy atom. The zero-order valence-corrected chi connectivity index (χ0v) is 17.3. The molecule has 0 radical (unpaired) electrons. The number of fused-ring (bicyclic) bond motifs is 3. The first-order chi connectivity index (χ1) is 14.2. The van der Waals surface area contributed by atoms with Gasteiger partial charge in [-0.1, -0.05) is 37.6 Å². The first-order valence-corrected chi connectivity index (χ1v) is 10.8. The number of nitrogens with one attached hydrogen (secondary N) is 2. The van der Waals surface area contributed by atoms with E-state index in [2.05, 4.69) is 66.1 Å². The van der Waals surface area contributed by atoms with Crippen LogP contribution in [0.15, 0.2) is 54.6 Å². The highest BCUT2D eigenvalue weighted by atomic mass is 16.5. The van der Waals surface area contributed by atoms with Gasteiger partial charge in [0.2, 0.25) is 0 Å². The van der Waals surface area contributed by atoms with Crippen LogP contribution in [0.25, 0.3) is 0 Å². The van der Waals surface area contributed by atoms with Gasteiger partial charge in [0.1, 0.15) is 5.75 Å². The van der Waals surface area contributed by atoms with Gasteiger partial charge in [-0.3, -0.25) is 4.79 Å². The summed E-state index contributed by atoms with van der Waals surface area (Å²) in [5.41, 5.74) is 4.38. The minimum absolute atomic E-state index is 0.0217. The molecule has 1 aliphatic heterocycles. The first kappa shape index (κ1) is 19.6. The largest absolute Gasteiger partial charge is 0.494 e. The molecule has 1 heterocycles. The molecule has 152 valence electrons. The molecule has 4 rings (SSSR count). The van der Waals surface area contributed by atoms with E-state index in [1.54, 1.807) is 0 Å². The van der Waals surface area contributed by atoms with E-state index in [9.17, 15) is 4.79 Å². The number of amides is 1. The molecule has 0 aromatic heterocycles. The van der Waals surface area contributed by atoms with Gasteiger partial charge in [-0.2, -0.15) is 0 Å². The molecule has 2 aromatic carbocycles. The predicted octanol–water partition coefficient (Wildman–Crippen LogP) is 5.44. The number of benzene rings is 2. The summed E-state index contributed by atoms with van der Waals surface area (Å²) in [7, 11) is 0. The van der Waals surface area contributed by atoms with Gasteiger partial charge in [0.05, 0.1) is 12.6 Å². The molecular formula is C25H30N2O2. The molecule has 0 saturated heterocycles. The van der Waals surface area contributed by atoms with E-state index in [1.165, 1.54) is 11.1 Å². The summed E-state index contributed by atoms with van der Waals surface area (Å²) in [6.07, 6.45) is 7.72. The summed E-state index contributed by atoms with van der Waals surface area (Å²) >= 11 is 0. The number of carbonyl (C=O) groups is 1. The molecule has 1 aliphatic carbocycles. The number of allylic oxidation sites excluding steroid dienone is 2. The van der Waals surface area contributed by atoms with Crippen LogP contribution in [0.5, 0.6) is 5.75 Å². The van der Waals surface area contributed by atoms with Crippen LogP contribution in [0.1, 0.15) is 66.6 Å². The second-order valence-corrected chi connectivity index (χ2v) is 7.89. The van der Waals surface area contributed by atoms with Crippen LogP contribution in [-0.2, 0) is 0 Å². The van der Waals surface area contributed by atoms with Crippen LogP contribution in [0.4, 0.5) is 5.69 Å². The van der Waals surface area contributed by atoms with Crippen LogP contribution in [0, 0.1) is 5.92 Å². The quantitative estimate of drug-likeness (QED) is 0.489. The Balaban J connectivity index is 1.58. The summed E-state index contributed by atoms with van der Waals surface area (Å²) in [6.45, 7) is 5.54. The Morgan fingerprint density at radius 1 is 1.17 bits per heavy atom. The second kappa shape index (κ2) is 8.73. The van der Waals surface area contributed by atoms with Gasteiger partial charge in [-0.05, 0) is 67.1 Å². The highest BCUT2D eigenvalue weighted by Gasteiger charge is 2.38. The third kappa shape index (κ3) is 4.02. The molecule has 0 bridgehead atoms. The highest BCUT2D eigenvalue weighted by molar-refractivity contribution is 5.95. The topological polar surface area (TPSA) is 50.4 Å². The minimum atomic E-state index is 0.0217. The number of ether oxygens (including phenoxy) is 1. The van der Waals surface area contributed by atoms with Crippen molar-refractivity contribution >= 4 is 11.6 Å². The molecule has 29 heavy (non-hydrogen) atoms. The van der Waals surface area contributed by atoms with Crippen LogP contribution in [-0.4, -0.2) is 19.1 Å². The number of hydrogen-bond acceptors (Lipinski definition) is 3. The lowest BCUT2D eigenvalue weighted by Gasteiger charge is -2.37. The molecule has 0 fully saturated rings. The number of carbonyl (C=O) groups excluding carboxylic acids is 1. The molecule has 2 aromatic rings. The van der Waals surface area contributed by atoms with E-state index in [0.29, 0.717) is 18.4 Å². The summed E-state index contributed by atoms with van der Waals surface area (Å²) in [6, 6.07) is 14.8.